The molecule has 134 valence electrons. The van der Waals surface area contributed by atoms with E-state index in [1.807, 2.05) is 18.4 Å². The molecule has 0 saturated heterocycles. The van der Waals surface area contributed by atoms with E-state index < -0.39 is 0 Å². The van der Waals surface area contributed by atoms with Gasteiger partial charge in [-0.25, -0.2) is 9.78 Å². The maximum atomic E-state index is 12.4. The Morgan fingerprint density at radius 1 is 0.846 bits per heavy atom. The Bertz CT molecular complexity index is 1250. The van der Waals surface area contributed by atoms with E-state index in [0.717, 1.165) is 33.8 Å². The Morgan fingerprint density at radius 2 is 1.46 bits per heavy atom. The average molecular weight is 349 g/mol. The molecule has 6 heteroatoms. The molecule has 3 aromatic heterocycles. The average Bonchev–Trinajstić information content (AvgIpc) is 2.97. The quantitative estimate of drug-likeness (QED) is 0.530. The molecule has 0 unspecified atom stereocenters. The van der Waals surface area contributed by atoms with Gasteiger partial charge in [0, 0.05) is 14.1 Å². The molecular formula is C20H23N5O. The van der Waals surface area contributed by atoms with E-state index >= 15 is 0 Å². The first-order chi connectivity index (χ1) is 12.2. The van der Waals surface area contributed by atoms with Gasteiger partial charge in [0.1, 0.15) is 5.52 Å². The Balaban J connectivity index is 2.23. The molecule has 0 radical (unpaired) electrons. The van der Waals surface area contributed by atoms with Gasteiger partial charge in [-0.3, -0.25) is 9.13 Å². The summed E-state index contributed by atoms with van der Waals surface area (Å²) in [6.07, 6.45) is 0. The number of rotatable bonds is 1. The molecule has 0 saturated carbocycles. The summed E-state index contributed by atoms with van der Waals surface area (Å²) in [6.45, 7) is 10.3. The second-order valence-corrected chi connectivity index (χ2v) is 7.24. The van der Waals surface area contributed by atoms with Crippen LogP contribution in [0.25, 0.3) is 27.9 Å². The lowest BCUT2D eigenvalue weighted by Crippen LogP contribution is -2.19. The summed E-state index contributed by atoms with van der Waals surface area (Å²) in [5.41, 5.74) is 9.94. The number of hydrogen-bond donors (Lipinski definition) is 0. The Morgan fingerprint density at radius 3 is 2.08 bits per heavy atom. The van der Waals surface area contributed by atoms with Gasteiger partial charge in [0.2, 0.25) is 0 Å². The van der Waals surface area contributed by atoms with Gasteiger partial charge >= 0.3 is 5.69 Å². The van der Waals surface area contributed by atoms with Crippen molar-refractivity contribution >= 4 is 16.8 Å². The van der Waals surface area contributed by atoms with Gasteiger partial charge in [0.25, 0.3) is 0 Å². The minimum absolute atomic E-state index is 0.0743. The van der Waals surface area contributed by atoms with Crippen molar-refractivity contribution in [2.45, 2.75) is 34.6 Å². The number of benzene rings is 1. The molecule has 0 aliphatic heterocycles. The van der Waals surface area contributed by atoms with Crippen molar-refractivity contribution in [1.82, 2.24) is 23.7 Å². The highest BCUT2D eigenvalue weighted by Crippen LogP contribution is 2.34. The summed E-state index contributed by atoms with van der Waals surface area (Å²) >= 11 is 0. The SMILES string of the molecule is Cc1cc(C)c(-c2c(C)nn3c2nc(C)c2c3n(C)c(=O)n2C)c(C)c1. The molecule has 6 nitrogen and oxygen atoms in total. The van der Waals surface area contributed by atoms with Crippen LogP contribution >= 0.6 is 0 Å². The minimum Gasteiger partial charge on any atom is -0.292 e. The zero-order valence-corrected chi connectivity index (χ0v) is 16.3. The van der Waals surface area contributed by atoms with Crippen molar-refractivity contribution in [2.75, 3.05) is 0 Å². The third-order valence-corrected chi connectivity index (χ3v) is 5.22. The van der Waals surface area contributed by atoms with E-state index in [2.05, 4.69) is 32.9 Å². The normalized spacial score (nSPS) is 11.8. The highest BCUT2D eigenvalue weighted by Gasteiger charge is 2.22. The number of imidazole rings is 1. The van der Waals surface area contributed by atoms with Crippen LogP contribution in [0.3, 0.4) is 0 Å². The summed E-state index contributed by atoms with van der Waals surface area (Å²) in [4.78, 5) is 17.3. The summed E-state index contributed by atoms with van der Waals surface area (Å²) in [7, 11) is 3.55. The van der Waals surface area contributed by atoms with Gasteiger partial charge in [0.15, 0.2) is 11.3 Å². The third kappa shape index (κ3) is 2.01. The van der Waals surface area contributed by atoms with Gasteiger partial charge in [0.05, 0.1) is 17.0 Å². The highest BCUT2D eigenvalue weighted by atomic mass is 16.1. The van der Waals surface area contributed by atoms with E-state index in [1.54, 1.807) is 23.2 Å². The van der Waals surface area contributed by atoms with E-state index in [9.17, 15) is 4.79 Å². The van der Waals surface area contributed by atoms with E-state index in [0.29, 0.717) is 0 Å². The van der Waals surface area contributed by atoms with Crippen molar-refractivity contribution in [1.29, 1.82) is 0 Å². The summed E-state index contributed by atoms with van der Waals surface area (Å²) in [5.74, 6) is 0. The van der Waals surface area contributed by atoms with Crippen LogP contribution in [-0.4, -0.2) is 23.7 Å². The second-order valence-electron chi connectivity index (χ2n) is 7.24. The van der Waals surface area contributed by atoms with Crippen LogP contribution < -0.4 is 5.69 Å². The summed E-state index contributed by atoms with van der Waals surface area (Å²) < 4.78 is 5.09. The molecule has 4 rings (SSSR count). The van der Waals surface area contributed by atoms with E-state index in [1.165, 1.54) is 22.3 Å². The summed E-state index contributed by atoms with van der Waals surface area (Å²) in [5, 5.41) is 4.76. The highest BCUT2D eigenvalue weighted by molar-refractivity contribution is 5.88. The molecule has 1 aromatic carbocycles. The molecule has 0 fully saturated rings. The monoisotopic (exact) mass is 349 g/mol. The number of aromatic nitrogens is 5. The first-order valence-electron chi connectivity index (χ1n) is 8.72. The van der Waals surface area contributed by atoms with Crippen LogP contribution in [0.15, 0.2) is 16.9 Å². The van der Waals surface area contributed by atoms with Crippen molar-refractivity contribution in [2.24, 2.45) is 14.1 Å². The number of nitrogens with zero attached hydrogens (tertiary/aromatic N) is 5. The van der Waals surface area contributed by atoms with Crippen molar-refractivity contribution < 1.29 is 0 Å². The van der Waals surface area contributed by atoms with Crippen LogP contribution in [0, 0.1) is 34.6 Å². The first-order valence-corrected chi connectivity index (χ1v) is 8.72. The van der Waals surface area contributed by atoms with Gasteiger partial charge in [-0.15, -0.1) is 0 Å². The lowest BCUT2D eigenvalue weighted by Gasteiger charge is -2.11. The zero-order valence-electron chi connectivity index (χ0n) is 16.3. The number of hydrogen-bond acceptors (Lipinski definition) is 3. The predicted octanol–water partition coefficient (Wildman–Crippen LogP) is 3.13. The smallest absolute Gasteiger partial charge is 0.292 e. The van der Waals surface area contributed by atoms with Crippen LogP contribution in [-0.2, 0) is 14.1 Å². The molecule has 0 amide bonds. The Labute approximate surface area is 151 Å². The first kappa shape index (κ1) is 16.6. The molecule has 0 N–H and O–H groups in total. The molecule has 4 aromatic rings. The number of aryl methyl sites for hydroxylation is 7. The topological polar surface area (TPSA) is 57.1 Å². The fourth-order valence-electron chi connectivity index (χ4n) is 4.21. The van der Waals surface area contributed by atoms with Crippen molar-refractivity contribution in [3.8, 4) is 11.1 Å². The van der Waals surface area contributed by atoms with Crippen molar-refractivity contribution in [3.05, 3.63) is 50.7 Å². The molecule has 0 aliphatic carbocycles. The lowest BCUT2D eigenvalue weighted by atomic mass is 9.94. The fourth-order valence-corrected chi connectivity index (χ4v) is 4.21. The van der Waals surface area contributed by atoms with Gasteiger partial charge in [-0.2, -0.15) is 9.61 Å². The fraction of sp³-hybridized carbons (Fsp3) is 0.350. The van der Waals surface area contributed by atoms with Gasteiger partial charge < -0.3 is 0 Å². The molecule has 0 atom stereocenters. The lowest BCUT2D eigenvalue weighted by molar-refractivity contribution is 0.781. The third-order valence-electron chi connectivity index (χ3n) is 5.22. The molecule has 0 bridgehead atoms. The predicted molar refractivity (Wildman–Crippen MR) is 104 cm³/mol. The molecule has 26 heavy (non-hydrogen) atoms. The molecule has 3 heterocycles. The van der Waals surface area contributed by atoms with E-state index in [4.69, 9.17) is 10.1 Å². The number of fused-ring (bicyclic) bond motifs is 3. The van der Waals surface area contributed by atoms with Crippen LogP contribution in [0.2, 0.25) is 0 Å². The second kappa shape index (κ2) is 5.30. The summed E-state index contributed by atoms with van der Waals surface area (Å²) in [6, 6.07) is 4.38. The largest absolute Gasteiger partial charge is 0.329 e. The molecule has 0 aliphatic rings. The van der Waals surface area contributed by atoms with Crippen LogP contribution in [0.1, 0.15) is 28.1 Å². The molecular weight excluding hydrogens is 326 g/mol. The van der Waals surface area contributed by atoms with Crippen LogP contribution in [0.4, 0.5) is 0 Å². The van der Waals surface area contributed by atoms with Gasteiger partial charge in [-0.05, 0) is 51.3 Å². The Hall–Kier alpha value is -2.89. The van der Waals surface area contributed by atoms with Crippen molar-refractivity contribution in [3.63, 3.8) is 0 Å². The van der Waals surface area contributed by atoms with Gasteiger partial charge in [-0.1, -0.05) is 17.7 Å². The Kier molecular flexibility index (Phi) is 3.38. The van der Waals surface area contributed by atoms with Crippen LogP contribution in [0.5, 0.6) is 0 Å². The molecule has 0 spiro atoms. The minimum atomic E-state index is -0.0743. The maximum Gasteiger partial charge on any atom is 0.329 e. The zero-order chi connectivity index (χ0) is 18.9. The maximum absolute atomic E-state index is 12.4. The van der Waals surface area contributed by atoms with E-state index in [-0.39, 0.29) is 5.69 Å². The standard InChI is InChI=1S/C20H23N5O/c1-10-8-11(2)15(12(3)9-10)16-13(4)22-25-18(16)21-14(5)17-19(25)24(7)20(26)23(17)6/h8-9H,1-7H3.